The number of nitrogen functional groups attached to an aromatic ring is 1. The average Bonchev–Trinajstić information content (AvgIpc) is 3.29. The Labute approximate surface area is 188 Å². The maximum atomic E-state index is 14.8. The number of nitrogens with one attached hydrogen (secondary N) is 1. The predicted octanol–water partition coefficient (Wildman–Crippen LogP) is 4.82. The summed E-state index contributed by atoms with van der Waals surface area (Å²) in [5, 5.41) is 6.70. The molecule has 0 spiro atoms. The van der Waals surface area contributed by atoms with E-state index in [4.69, 9.17) is 10.5 Å². The van der Waals surface area contributed by atoms with Crippen LogP contribution in [0.4, 0.5) is 10.1 Å². The Balaban J connectivity index is 1.69. The zero-order chi connectivity index (χ0) is 22.7. The molecule has 0 bridgehead atoms. The predicted molar refractivity (Wildman–Crippen MR) is 127 cm³/mol. The molecule has 33 heavy (non-hydrogen) atoms. The van der Waals surface area contributed by atoms with Crippen LogP contribution < -0.4 is 11.3 Å². The number of aromatic amines is 1. The molecule has 1 saturated heterocycles. The number of hydrogen-bond acceptors (Lipinski definition) is 5. The van der Waals surface area contributed by atoms with Crippen molar-refractivity contribution in [2.75, 3.05) is 12.3 Å². The van der Waals surface area contributed by atoms with Crippen LogP contribution in [0, 0.1) is 12.7 Å². The van der Waals surface area contributed by atoms with E-state index >= 15 is 0 Å². The van der Waals surface area contributed by atoms with Crippen molar-refractivity contribution in [3.8, 4) is 11.1 Å². The van der Waals surface area contributed by atoms with E-state index in [0.717, 1.165) is 41.1 Å². The maximum absolute atomic E-state index is 14.8. The molecule has 166 valence electrons. The Bertz CT molecular complexity index is 1620. The van der Waals surface area contributed by atoms with Gasteiger partial charge < -0.3 is 15.5 Å². The van der Waals surface area contributed by atoms with Gasteiger partial charge in [0.2, 0.25) is 0 Å². The number of H-pyrrole nitrogens is 1. The first-order valence-electron chi connectivity index (χ1n) is 11.0. The maximum Gasteiger partial charge on any atom is 0.272 e. The highest BCUT2D eigenvalue weighted by atomic mass is 19.1. The van der Waals surface area contributed by atoms with Gasteiger partial charge in [0.05, 0.1) is 11.0 Å². The van der Waals surface area contributed by atoms with Gasteiger partial charge in [-0.3, -0.25) is 9.78 Å². The summed E-state index contributed by atoms with van der Waals surface area (Å²) >= 11 is 0. The zero-order valence-corrected chi connectivity index (χ0v) is 18.1. The summed E-state index contributed by atoms with van der Waals surface area (Å²) in [5.74, 6) is -0.429. The molecule has 4 heterocycles. The third-order valence-corrected chi connectivity index (χ3v) is 6.47. The van der Waals surface area contributed by atoms with Gasteiger partial charge in [0.1, 0.15) is 17.4 Å². The highest BCUT2D eigenvalue weighted by Crippen LogP contribution is 2.39. The molecule has 0 radical (unpaired) electrons. The molecule has 0 aliphatic carbocycles. The number of rotatable bonds is 2. The van der Waals surface area contributed by atoms with Crippen molar-refractivity contribution in [3.05, 3.63) is 64.5 Å². The molecule has 1 aliphatic rings. The Kier molecular flexibility index (Phi) is 4.45. The van der Waals surface area contributed by atoms with Crippen molar-refractivity contribution in [2.45, 2.75) is 32.4 Å². The van der Waals surface area contributed by atoms with Crippen molar-refractivity contribution in [1.29, 1.82) is 0 Å². The third kappa shape index (κ3) is 3.01. The quantitative estimate of drug-likeness (QED) is 0.381. The van der Waals surface area contributed by atoms with E-state index in [1.54, 1.807) is 23.1 Å². The molecule has 1 aliphatic heterocycles. The van der Waals surface area contributed by atoms with Crippen LogP contribution >= 0.6 is 0 Å². The zero-order valence-electron chi connectivity index (χ0n) is 18.1. The van der Waals surface area contributed by atoms with Crippen LogP contribution in [0.1, 0.15) is 31.1 Å². The van der Waals surface area contributed by atoms with Gasteiger partial charge in [-0.05, 0) is 61.6 Å². The molecule has 0 amide bonds. The van der Waals surface area contributed by atoms with Crippen LogP contribution in [-0.2, 0) is 4.74 Å². The number of aromatic nitrogens is 4. The fourth-order valence-corrected chi connectivity index (χ4v) is 4.87. The smallest absolute Gasteiger partial charge is 0.272 e. The fraction of sp³-hybridized carbons (Fsp3) is 0.240. The minimum Gasteiger partial charge on any atom is -0.394 e. The Morgan fingerprint density at radius 3 is 2.88 bits per heavy atom. The van der Waals surface area contributed by atoms with Crippen molar-refractivity contribution in [2.24, 2.45) is 0 Å². The number of fused-ring (bicyclic) bond motifs is 4. The monoisotopic (exact) mass is 443 g/mol. The van der Waals surface area contributed by atoms with E-state index in [1.807, 2.05) is 25.1 Å². The van der Waals surface area contributed by atoms with E-state index in [-0.39, 0.29) is 17.4 Å². The normalized spacial score (nSPS) is 16.7. The second-order valence-electron chi connectivity index (χ2n) is 8.55. The molecule has 8 heteroatoms. The van der Waals surface area contributed by atoms with Gasteiger partial charge in [-0.2, -0.15) is 5.10 Å². The molecule has 7 nitrogen and oxygen atoms in total. The average molecular weight is 443 g/mol. The molecule has 3 N–H and O–H groups in total. The first-order valence-corrected chi connectivity index (χ1v) is 11.0. The Morgan fingerprint density at radius 2 is 2.06 bits per heavy atom. The lowest BCUT2D eigenvalue weighted by atomic mass is 9.94. The second kappa shape index (κ2) is 7.38. The summed E-state index contributed by atoms with van der Waals surface area (Å²) in [7, 11) is 0. The van der Waals surface area contributed by atoms with Gasteiger partial charge in [-0.25, -0.2) is 9.07 Å². The van der Waals surface area contributed by atoms with E-state index in [1.165, 1.54) is 6.07 Å². The van der Waals surface area contributed by atoms with Crippen LogP contribution in [-0.4, -0.2) is 26.4 Å². The van der Waals surface area contributed by atoms with Gasteiger partial charge in [0.15, 0.2) is 5.82 Å². The van der Waals surface area contributed by atoms with Crippen molar-refractivity contribution >= 4 is 38.4 Å². The van der Waals surface area contributed by atoms with E-state index in [0.29, 0.717) is 28.6 Å². The molecule has 5 aromatic rings. The number of pyridine rings is 2. The van der Waals surface area contributed by atoms with E-state index in [9.17, 15) is 9.18 Å². The number of hydrogen-bond donors (Lipinski definition) is 2. The van der Waals surface area contributed by atoms with E-state index < -0.39 is 11.4 Å². The lowest BCUT2D eigenvalue weighted by Crippen LogP contribution is -2.18. The molecule has 3 aromatic heterocycles. The van der Waals surface area contributed by atoms with Crippen LogP contribution in [0.25, 0.3) is 43.8 Å². The summed E-state index contributed by atoms with van der Waals surface area (Å²) in [6.07, 6.45) is 6.15. The molecule has 1 unspecified atom stereocenters. The second-order valence-corrected chi connectivity index (χ2v) is 8.55. The Morgan fingerprint density at radius 1 is 1.18 bits per heavy atom. The minimum atomic E-state index is -0.429. The number of aryl methyl sites for hydroxylation is 1. The lowest BCUT2D eigenvalue weighted by molar-refractivity contribution is -0.0391. The first kappa shape index (κ1) is 19.9. The van der Waals surface area contributed by atoms with Crippen molar-refractivity contribution < 1.29 is 9.13 Å². The topological polar surface area (TPSA) is 98.8 Å². The number of anilines is 1. The summed E-state index contributed by atoms with van der Waals surface area (Å²) < 4.78 is 22.3. The van der Waals surface area contributed by atoms with Crippen LogP contribution in [0.5, 0.6) is 0 Å². The van der Waals surface area contributed by atoms with E-state index in [2.05, 4.69) is 15.1 Å². The number of ether oxygens (including phenoxy) is 1. The van der Waals surface area contributed by atoms with Crippen LogP contribution in [0.3, 0.4) is 0 Å². The van der Waals surface area contributed by atoms with Gasteiger partial charge >= 0.3 is 0 Å². The highest BCUT2D eigenvalue weighted by Gasteiger charge is 2.22. The van der Waals surface area contributed by atoms with Crippen molar-refractivity contribution in [3.63, 3.8) is 0 Å². The Hall–Kier alpha value is -3.78. The SMILES string of the molecule is Cc1cc2c(-c3ccc(F)c4nn(C5CCCCO5)cc34)c(N)c(=O)[nH]c2c2cccnc12. The fourth-order valence-electron chi connectivity index (χ4n) is 4.87. The van der Waals surface area contributed by atoms with Crippen molar-refractivity contribution in [1.82, 2.24) is 19.7 Å². The highest BCUT2D eigenvalue weighted by molar-refractivity contribution is 6.14. The first-order chi connectivity index (χ1) is 16.0. The van der Waals surface area contributed by atoms with Crippen LogP contribution in [0.2, 0.25) is 0 Å². The summed E-state index contributed by atoms with van der Waals surface area (Å²) in [6.45, 7) is 2.63. The number of nitrogens with two attached hydrogens (primary N) is 1. The summed E-state index contributed by atoms with van der Waals surface area (Å²) in [5.41, 5.74) is 9.90. The molecule has 0 saturated carbocycles. The lowest BCUT2D eigenvalue weighted by Gasteiger charge is -2.22. The standard InChI is InChI=1S/C25H22FN5O2/c1-13-11-16-20(21(27)25(32)29-23(16)15-5-4-9-28-22(13)15)14-7-8-18(26)24-17(14)12-31(30-24)19-6-2-3-10-33-19/h4-5,7-9,11-12,19H,2-3,6,10,27H2,1H3,(H,29,32). The largest absolute Gasteiger partial charge is 0.394 e. The summed E-state index contributed by atoms with van der Waals surface area (Å²) in [4.78, 5) is 20.3. The van der Waals surface area contributed by atoms with Crippen LogP contribution in [0.15, 0.2) is 47.5 Å². The molecular formula is C25H22FN5O2. The third-order valence-electron chi connectivity index (χ3n) is 6.47. The molecular weight excluding hydrogens is 421 g/mol. The summed E-state index contributed by atoms with van der Waals surface area (Å²) in [6, 6.07) is 8.76. The number of benzene rings is 2. The molecule has 1 atom stereocenters. The number of halogens is 1. The van der Waals surface area contributed by atoms with Gasteiger partial charge in [-0.1, -0.05) is 6.07 Å². The van der Waals surface area contributed by atoms with Gasteiger partial charge in [-0.15, -0.1) is 0 Å². The molecule has 2 aromatic carbocycles. The minimum absolute atomic E-state index is 0.0831. The molecule has 1 fully saturated rings. The van der Waals surface area contributed by atoms with Gasteiger partial charge in [0.25, 0.3) is 5.56 Å². The molecule has 6 rings (SSSR count). The number of nitrogens with zero attached hydrogens (tertiary/aromatic N) is 3. The van der Waals surface area contributed by atoms with Gasteiger partial charge in [0, 0.05) is 40.7 Å².